The second-order valence-corrected chi connectivity index (χ2v) is 15.7. The number of aromatic nitrogens is 1. The van der Waals surface area contributed by atoms with Gasteiger partial charge in [-0.05, 0) is 63.6 Å². The van der Waals surface area contributed by atoms with Gasteiger partial charge in [-0.3, -0.25) is 28.9 Å². The van der Waals surface area contributed by atoms with Gasteiger partial charge in [-0.25, -0.2) is 4.98 Å². The van der Waals surface area contributed by atoms with E-state index in [1.165, 1.54) is 25.4 Å². The Morgan fingerprint density at radius 3 is 2.29 bits per heavy atom. The summed E-state index contributed by atoms with van der Waals surface area (Å²) in [6.45, 7) is 13.8. The first kappa shape index (κ1) is 42.6. The highest BCUT2D eigenvalue weighted by Gasteiger charge is 2.44. The van der Waals surface area contributed by atoms with Crippen molar-refractivity contribution in [3.63, 3.8) is 0 Å². The molecular formula is C39H59N5O7S. The van der Waals surface area contributed by atoms with E-state index < -0.39 is 35.5 Å². The van der Waals surface area contributed by atoms with Crippen LogP contribution in [0.3, 0.4) is 0 Å². The van der Waals surface area contributed by atoms with Gasteiger partial charge < -0.3 is 25.0 Å². The summed E-state index contributed by atoms with van der Waals surface area (Å²) in [5, 5.41) is 8.20. The number of likely N-dealkylation sites (tertiary alicyclic amines) is 1. The van der Waals surface area contributed by atoms with E-state index in [2.05, 4.69) is 15.6 Å². The number of ether oxygens (including phenoxy) is 2. The van der Waals surface area contributed by atoms with Crippen molar-refractivity contribution < 1.29 is 33.4 Å². The van der Waals surface area contributed by atoms with Crippen LogP contribution in [0.15, 0.2) is 35.7 Å². The Bertz CT molecular complexity index is 1520. The maximum Gasteiger partial charge on any atom is 0.308 e. The van der Waals surface area contributed by atoms with E-state index in [1.54, 1.807) is 24.3 Å². The number of nitrogens with one attached hydrogen (secondary N) is 2. The fourth-order valence-electron chi connectivity index (χ4n) is 6.86. The average molecular weight is 742 g/mol. The summed E-state index contributed by atoms with van der Waals surface area (Å²) in [4.78, 5) is 74.3. The highest BCUT2D eigenvalue weighted by molar-refractivity contribution is 7.09. The van der Waals surface area contributed by atoms with Gasteiger partial charge in [0.2, 0.25) is 11.8 Å². The van der Waals surface area contributed by atoms with Gasteiger partial charge in [-0.2, -0.15) is 0 Å². The summed E-state index contributed by atoms with van der Waals surface area (Å²) in [7, 11) is 5.01. The molecule has 2 aromatic rings. The van der Waals surface area contributed by atoms with Crippen LogP contribution in [0, 0.1) is 17.8 Å². The lowest BCUT2D eigenvalue weighted by molar-refractivity contribution is -0.149. The molecule has 6 unspecified atom stereocenters. The molecule has 0 saturated carbocycles. The van der Waals surface area contributed by atoms with Crippen LogP contribution in [0.4, 0.5) is 0 Å². The van der Waals surface area contributed by atoms with E-state index >= 15 is 0 Å². The molecule has 13 heteroatoms. The molecule has 0 radical (unpaired) electrons. The molecule has 1 aromatic heterocycles. The number of hydrogen-bond donors (Lipinski definition) is 2. The zero-order chi connectivity index (χ0) is 38.7. The van der Waals surface area contributed by atoms with Crippen LogP contribution >= 0.6 is 11.3 Å². The van der Waals surface area contributed by atoms with E-state index in [0.29, 0.717) is 24.3 Å². The van der Waals surface area contributed by atoms with E-state index in [0.717, 1.165) is 24.9 Å². The summed E-state index contributed by atoms with van der Waals surface area (Å²) >= 11 is 1.20. The first-order chi connectivity index (χ1) is 24.5. The normalized spacial score (nSPS) is 19.5. The molecule has 7 atom stereocenters. The molecule has 3 rings (SSSR count). The van der Waals surface area contributed by atoms with Crippen LogP contribution in [0.2, 0.25) is 0 Å². The molecule has 52 heavy (non-hydrogen) atoms. The number of amides is 3. The van der Waals surface area contributed by atoms with Crippen molar-refractivity contribution in [2.45, 2.75) is 117 Å². The van der Waals surface area contributed by atoms with Crippen LogP contribution in [-0.4, -0.2) is 95.9 Å². The number of carbonyl (C=O) groups excluding carboxylic acids is 5. The van der Waals surface area contributed by atoms with Crippen molar-refractivity contribution in [1.82, 2.24) is 25.4 Å². The zero-order valence-corrected chi connectivity index (χ0v) is 33.4. The Hall–Kier alpha value is -3.84. The maximum absolute atomic E-state index is 14.2. The summed E-state index contributed by atoms with van der Waals surface area (Å²) < 4.78 is 10.7. The summed E-state index contributed by atoms with van der Waals surface area (Å²) in [5.74, 6) is -2.25. The van der Waals surface area contributed by atoms with Crippen molar-refractivity contribution in [3.05, 3.63) is 52.0 Å². The van der Waals surface area contributed by atoms with Crippen molar-refractivity contribution >= 4 is 41.0 Å². The molecule has 0 aliphatic carbocycles. The smallest absolute Gasteiger partial charge is 0.308 e. The van der Waals surface area contributed by atoms with E-state index in [1.807, 2.05) is 76.9 Å². The quantitative estimate of drug-likeness (QED) is 0.198. The number of hydrogen-bond acceptors (Lipinski definition) is 10. The highest BCUT2D eigenvalue weighted by Crippen LogP contribution is 2.32. The number of esters is 2. The Morgan fingerprint density at radius 2 is 1.73 bits per heavy atom. The third-order valence-electron chi connectivity index (χ3n) is 10.6. The number of rotatable bonds is 18. The predicted molar refractivity (Wildman–Crippen MR) is 201 cm³/mol. The zero-order valence-electron chi connectivity index (χ0n) is 32.6. The van der Waals surface area contributed by atoms with Crippen LogP contribution in [0.25, 0.3) is 0 Å². The third kappa shape index (κ3) is 11.1. The molecule has 1 aromatic carbocycles. The Labute approximate surface area is 313 Å². The summed E-state index contributed by atoms with van der Waals surface area (Å²) in [5.41, 5.74) is 0.488. The van der Waals surface area contributed by atoms with Crippen LogP contribution < -0.4 is 10.6 Å². The monoisotopic (exact) mass is 741 g/mol. The molecule has 1 aliphatic rings. The standard InChI is InChI=1S/C39H59N5O7S/c1-11-25(4)33(42-38(49)39(7)18-15-19-43(39)8)36(47)44(9)31(24(2)3)22-32(51-27(6)45)35-41-30(23-52-35)34(46)40-29(20-26(5)37(48)50-10)21-28-16-13-12-14-17-28/h12-14,16-17,23-26,29,31-33H,11,15,18-22H2,1-10H3,(H,40,46)(H,42,49)/t25?,26?,29?,31?,32?,33?,39-/m0/s1. The van der Waals surface area contributed by atoms with E-state index in [4.69, 9.17) is 9.47 Å². The van der Waals surface area contributed by atoms with Gasteiger partial charge in [0.05, 0.1) is 18.6 Å². The molecule has 1 saturated heterocycles. The van der Waals surface area contributed by atoms with Crippen LogP contribution in [-0.2, 0) is 35.1 Å². The van der Waals surface area contributed by atoms with E-state index in [9.17, 15) is 24.0 Å². The Balaban J connectivity index is 1.83. The van der Waals surface area contributed by atoms with Gasteiger partial charge in [0.1, 0.15) is 16.7 Å². The molecule has 0 spiro atoms. The highest BCUT2D eigenvalue weighted by atomic mass is 32.1. The molecule has 2 heterocycles. The SMILES string of the molecule is CCC(C)C(NC(=O)[C@]1(C)CCCN1C)C(=O)N(C)C(CC(OC(C)=O)c1nc(C(=O)NC(Cc2ccccc2)CC(C)C(=O)OC)cs1)C(C)C. The summed E-state index contributed by atoms with van der Waals surface area (Å²) in [6.07, 6.45) is 2.61. The van der Waals surface area contributed by atoms with Crippen LogP contribution in [0.1, 0.15) is 108 Å². The van der Waals surface area contributed by atoms with Crippen molar-refractivity contribution in [2.24, 2.45) is 17.8 Å². The number of thiazole rings is 1. The van der Waals surface area contributed by atoms with Gasteiger partial charge in [0, 0.05) is 37.9 Å². The molecule has 288 valence electrons. The van der Waals surface area contributed by atoms with Gasteiger partial charge >= 0.3 is 11.9 Å². The summed E-state index contributed by atoms with van der Waals surface area (Å²) in [6, 6.07) is 8.19. The average Bonchev–Trinajstić information content (AvgIpc) is 3.74. The molecule has 3 amide bonds. The van der Waals surface area contributed by atoms with Gasteiger partial charge in [-0.1, -0.05) is 71.4 Å². The van der Waals surface area contributed by atoms with E-state index in [-0.39, 0.29) is 53.8 Å². The molecular weight excluding hydrogens is 683 g/mol. The van der Waals surface area contributed by atoms with Crippen molar-refractivity contribution in [3.8, 4) is 0 Å². The third-order valence-corrected chi connectivity index (χ3v) is 11.5. The lowest BCUT2D eigenvalue weighted by Gasteiger charge is -2.38. The Morgan fingerprint density at radius 1 is 1.06 bits per heavy atom. The number of likely N-dealkylation sites (N-methyl/N-ethyl adjacent to an activating group) is 2. The molecule has 0 bridgehead atoms. The van der Waals surface area contributed by atoms with Gasteiger partial charge in [-0.15, -0.1) is 11.3 Å². The maximum atomic E-state index is 14.2. The molecule has 1 fully saturated rings. The predicted octanol–water partition coefficient (Wildman–Crippen LogP) is 5.18. The lowest BCUT2D eigenvalue weighted by Crippen LogP contribution is -2.60. The number of benzene rings is 1. The number of carbonyl (C=O) groups is 5. The minimum absolute atomic E-state index is 0.0444. The Kier molecular flexibility index (Phi) is 15.8. The molecule has 2 N–H and O–H groups in total. The minimum Gasteiger partial charge on any atom is -0.469 e. The first-order valence-electron chi connectivity index (χ1n) is 18.4. The number of nitrogens with zero attached hydrogens (tertiary/aromatic N) is 3. The first-order valence-corrected chi connectivity index (χ1v) is 19.2. The fraction of sp³-hybridized carbons (Fsp3) is 0.641. The topological polar surface area (TPSA) is 147 Å². The number of methoxy groups -OCH3 is 1. The lowest BCUT2D eigenvalue weighted by atomic mass is 9.91. The fourth-order valence-corrected chi connectivity index (χ4v) is 7.70. The second kappa shape index (κ2) is 19.3. The molecule has 1 aliphatic heterocycles. The van der Waals surface area contributed by atoms with Crippen molar-refractivity contribution in [2.75, 3.05) is 27.7 Å². The second-order valence-electron chi connectivity index (χ2n) is 14.8. The van der Waals surface area contributed by atoms with Gasteiger partial charge in [0.15, 0.2) is 6.10 Å². The minimum atomic E-state index is -0.825. The van der Waals surface area contributed by atoms with Gasteiger partial charge in [0.25, 0.3) is 5.91 Å². The van der Waals surface area contributed by atoms with Crippen LogP contribution in [0.5, 0.6) is 0 Å². The van der Waals surface area contributed by atoms with Crippen molar-refractivity contribution in [1.29, 1.82) is 0 Å². The largest absolute Gasteiger partial charge is 0.469 e. The molecule has 12 nitrogen and oxygen atoms in total.